The van der Waals surface area contributed by atoms with Crippen LogP contribution in [0.4, 0.5) is 4.79 Å². The number of nitrogens with one attached hydrogen (secondary N) is 1. The van der Waals surface area contributed by atoms with E-state index in [4.69, 9.17) is 10.00 Å². The molecule has 30 heavy (non-hydrogen) atoms. The molecule has 3 rings (SSSR count). The maximum atomic E-state index is 12.7. The molecule has 2 aromatic rings. The maximum absolute atomic E-state index is 12.7. The quantitative estimate of drug-likeness (QED) is 0.837. The molecular weight excluding hydrogens is 382 g/mol. The van der Waals surface area contributed by atoms with Gasteiger partial charge in [0.1, 0.15) is 17.6 Å². The van der Waals surface area contributed by atoms with E-state index in [0.29, 0.717) is 24.2 Å². The fraction of sp³-hybridized carbons (Fsp3) is 0.409. The van der Waals surface area contributed by atoms with E-state index >= 15 is 0 Å². The first-order valence-corrected chi connectivity index (χ1v) is 9.79. The monoisotopic (exact) mass is 407 g/mol. The number of likely N-dealkylation sites (tertiary alicyclic amines) is 1. The Balaban J connectivity index is 1.68. The van der Waals surface area contributed by atoms with Crippen LogP contribution in [0.3, 0.4) is 0 Å². The van der Waals surface area contributed by atoms with E-state index in [-0.39, 0.29) is 29.8 Å². The summed E-state index contributed by atoms with van der Waals surface area (Å²) in [5, 5.41) is 12.0. The van der Waals surface area contributed by atoms with Gasteiger partial charge in [-0.1, -0.05) is 12.1 Å². The third-order valence-corrected chi connectivity index (χ3v) is 4.73. The van der Waals surface area contributed by atoms with Gasteiger partial charge in [-0.2, -0.15) is 5.26 Å². The van der Waals surface area contributed by atoms with Crippen LogP contribution in [-0.4, -0.2) is 51.1 Å². The predicted octanol–water partition coefficient (Wildman–Crippen LogP) is 3.14. The molecule has 1 aromatic carbocycles. The van der Waals surface area contributed by atoms with Crippen molar-refractivity contribution in [3.63, 3.8) is 0 Å². The molecule has 0 spiro atoms. The van der Waals surface area contributed by atoms with Crippen molar-refractivity contribution < 1.29 is 14.3 Å². The van der Waals surface area contributed by atoms with Gasteiger partial charge in [-0.3, -0.25) is 4.79 Å². The second-order valence-corrected chi connectivity index (χ2v) is 8.37. The predicted molar refractivity (Wildman–Crippen MR) is 110 cm³/mol. The molecule has 156 valence electrons. The molecule has 0 aliphatic carbocycles. The van der Waals surface area contributed by atoms with Gasteiger partial charge >= 0.3 is 6.09 Å². The largest absolute Gasteiger partial charge is 0.444 e. The zero-order chi connectivity index (χ0) is 21.9. The summed E-state index contributed by atoms with van der Waals surface area (Å²) in [5.74, 6) is -0.335. The Kier molecular flexibility index (Phi) is 6.01. The molecule has 1 aliphatic rings. The van der Waals surface area contributed by atoms with Gasteiger partial charge in [0.2, 0.25) is 0 Å². The minimum absolute atomic E-state index is 0.0418. The van der Waals surface area contributed by atoms with E-state index in [2.05, 4.69) is 21.4 Å². The number of hydrogen-bond acceptors (Lipinski definition) is 6. The van der Waals surface area contributed by atoms with Crippen LogP contribution < -0.4 is 5.32 Å². The number of carbonyl (C=O) groups is 2. The van der Waals surface area contributed by atoms with Crippen molar-refractivity contribution in [2.24, 2.45) is 0 Å². The molecule has 2 atom stereocenters. The van der Waals surface area contributed by atoms with Gasteiger partial charge in [0.05, 0.1) is 17.3 Å². The van der Waals surface area contributed by atoms with Gasteiger partial charge in [0.25, 0.3) is 5.91 Å². The van der Waals surface area contributed by atoms with Crippen molar-refractivity contribution in [3.05, 3.63) is 47.9 Å². The summed E-state index contributed by atoms with van der Waals surface area (Å²) in [5.41, 5.74) is 1.46. The number of benzene rings is 1. The van der Waals surface area contributed by atoms with Crippen LogP contribution in [0, 0.1) is 11.3 Å². The molecule has 1 saturated heterocycles. The van der Waals surface area contributed by atoms with Crippen molar-refractivity contribution in [1.82, 2.24) is 20.2 Å². The first kappa shape index (κ1) is 21.2. The first-order valence-electron chi connectivity index (χ1n) is 9.79. The van der Waals surface area contributed by atoms with Crippen LogP contribution in [0.15, 0.2) is 36.7 Å². The molecule has 1 N–H and O–H groups in total. The molecule has 8 heteroatoms. The Hall–Kier alpha value is -3.47. The van der Waals surface area contributed by atoms with Gasteiger partial charge in [-0.05, 0) is 52.3 Å². The number of aromatic nitrogens is 2. The lowest BCUT2D eigenvalue weighted by atomic mass is 10.1. The summed E-state index contributed by atoms with van der Waals surface area (Å²) in [4.78, 5) is 35.0. The second kappa shape index (κ2) is 8.49. The topological polar surface area (TPSA) is 108 Å². The Labute approximate surface area is 175 Å². The van der Waals surface area contributed by atoms with Crippen molar-refractivity contribution >= 4 is 12.0 Å². The smallest absolute Gasteiger partial charge is 0.410 e. The highest BCUT2D eigenvalue weighted by atomic mass is 16.6. The molecule has 1 aromatic heterocycles. The number of nitrogens with zero attached hydrogens (tertiary/aromatic N) is 4. The zero-order valence-corrected chi connectivity index (χ0v) is 17.5. The minimum Gasteiger partial charge on any atom is -0.444 e. The van der Waals surface area contributed by atoms with Gasteiger partial charge in [-0.25, -0.2) is 14.8 Å². The van der Waals surface area contributed by atoms with Crippen molar-refractivity contribution in [2.45, 2.75) is 51.8 Å². The number of carbonyl (C=O) groups excluding carboxylic acids is 2. The molecule has 0 saturated carbocycles. The average molecular weight is 407 g/mol. The Bertz CT molecular complexity index is 993. The standard InChI is InChI=1S/C22H25N5O3/c1-14-8-17(12-27(14)21(29)30-22(2,3)4)26-20(28)19-10-18(24-13-25-19)16-7-5-6-15(9-16)11-23/h5-7,9-10,13-14,17H,8,12H2,1-4H3,(H,26,28)/t14-,17-/m1/s1. The van der Waals surface area contributed by atoms with Gasteiger partial charge in [0.15, 0.2) is 0 Å². The molecular formula is C22H25N5O3. The van der Waals surface area contributed by atoms with Crippen LogP contribution in [0.2, 0.25) is 0 Å². The average Bonchev–Trinajstić information content (AvgIpc) is 3.07. The highest BCUT2D eigenvalue weighted by Crippen LogP contribution is 2.22. The first-order chi connectivity index (χ1) is 14.2. The van der Waals surface area contributed by atoms with Crippen molar-refractivity contribution in [1.29, 1.82) is 5.26 Å². The fourth-order valence-electron chi connectivity index (χ4n) is 3.36. The number of amides is 2. The molecule has 1 aliphatic heterocycles. The van der Waals surface area contributed by atoms with Gasteiger partial charge < -0.3 is 15.0 Å². The van der Waals surface area contributed by atoms with E-state index in [1.54, 1.807) is 29.2 Å². The molecule has 2 amide bonds. The normalized spacial score (nSPS) is 18.6. The van der Waals surface area contributed by atoms with Gasteiger partial charge in [-0.15, -0.1) is 0 Å². The van der Waals surface area contributed by atoms with Crippen molar-refractivity contribution in [2.75, 3.05) is 6.54 Å². The second-order valence-electron chi connectivity index (χ2n) is 8.37. The van der Waals surface area contributed by atoms with E-state index in [9.17, 15) is 9.59 Å². The summed E-state index contributed by atoms with van der Waals surface area (Å²) in [6.07, 6.45) is 1.58. The Morgan fingerprint density at radius 2 is 2.03 bits per heavy atom. The lowest BCUT2D eigenvalue weighted by Gasteiger charge is -2.26. The third kappa shape index (κ3) is 5.11. The number of rotatable bonds is 3. The molecule has 0 radical (unpaired) electrons. The summed E-state index contributed by atoms with van der Waals surface area (Å²) in [6.45, 7) is 7.78. The zero-order valence-electron chi connectivity index (χ0n) is 17.5. The Morgan fingerprint density at radius 1 is 1.27 bits per heavy atom. The summed E-state index contributed by atoms with van der Waals surface area (Å²) in [7, 11) is 0. The van der Waals surface area contributed by atoms with E-state index < -0.39 is 5.60 Å². The van der Waals surface area contributed by atoms with E-state index in [1.165, 1.54) is 6.33 Å². The molecule has 1 fully saturated rings. The maximum Gasteiger partial charge on any atom is 0.410 e. The van der Waals surface area contributed by atoms with Gasteiger partial charge in [0, 0.05) is 24.2 Å². The lowest BCUT2D eigenvalue weighted by Crippen LogP contribution is -2.41. The van der Waals surface area contributed by atoms with Crippen molar-refractivity contribution in [3.8, 4) is 17.3 Å². The third-order valence-electron chi connectivity index (χ3n) is 4.73. The van der Waals surface area contributed by atoms with Crippen LogP contribution >= 0.6 is 0 Å². The molecule has 2 heterocycles. The highest BCUT2D eigenvalue weighted by Gasteiger charge is 2.35. The van der Waals surface area contributed by atoms with Crippen LogP contribution in [0.1, 0.15) is 50.2 Å². The summed E-state index contributed by atoms with van der Waals surface area (Å²) < 4.78 is 5.44. The minimum atomic E-state index is -0.571. The molecule has 8 nitrogen and oxygen atoms in total. The highest BCUT2D eigenvalue weighted by molar-refractivity contribution is 5.93. The number of nitriles is 1. The number of ether oxygens (including phenoxy) is 1. The number of hydrogen-bond donors (Lipinski definition) is 1. The summed E-state index contributed by atoms with van der Waals surface area (Å²) >= 11 is 0. The SMILES string of the molecule is C[C@@H]1C[C@@H](NC(=O)c2cc(-c3cccc(C#N)c3)ncn2)CN1C(=O)OC(C)(C)C. The molecule has 0 unspecified atom stereocenters. The van der Waals surface area contributed by atoms with E-state index in [0.717, 1.165) is 5.56 Å². The Morgan fingerprint density at radius 3 is 2.73 bits per heavy atom. The summed E-state index contributed by atoms with van der Waals surface area (Å²) in [6, 6.07) is 10.4. The van der Waals surface area contributed by atoms with Crippen LogP contribution in [0.5, 0.6) is 0 Å². The fourth-order valence-corrected chi connectivity index (χ4v) is 3.36. The molecule has 0 bridgehead atoms. The lowest BCUT2D eigenvalue weighted by molar-refractivity contribution is 0.0235. The van der Waals surface area contributed by atoms with Crippen LogP contribution in [0.25, 0.3) is 11.3 Å². The van der Waals surface area contributed by atoms with Crippen LogP contribution in [-0.2, 0) is 4.74 Å². The van der Waals surface area contributed by atoms with E-state index in [1.807, 2.05) is 33.8 Å².